The van der Waals surface area contributed by atoms with Crippen LogP contribution in [0.5, 0.6) is 0 Å². The lowest BCUT2D eigenvalue weighted by Crippen LogP contribution is -2.40. The first kappa shape index (κ1) is 13.3. The molecule has 2 aromatic heterocycles. The van der Waals surface area contributed by atoms with E-state index in [-0.39, 0.29) is 0 Å². The molecule has 3 nitrogen and oxygen atoms in total. The maximum atomic E-state index is 6.17. The van der Waals surface area contributed by atoms with Crippen molar-refractivity contribution >= 4 is 33.7 Å². The maximum absolute atomic E-state index is 6.17. The van der Waals surface area contributed by atoms with Gasteiger partial charge < -0.3 is 4.90 Å². The predicted molar refractivity (Wildman–Crippen MR) is 82.5 cm³/mol. The van der Waals surface area contributed by atoms with Gasteiger partial charge in [-0.2, -0.15) is 0 Å². The monoisotopic (exact) mass is 297 g/mol. The Hall–Kier alpha value is -0.740. The first-order valence-electron chi connectivity index (χ1n) is 7.12. The summed E-state index contributed by atoms with van der Waals surface area (Å²) >= 11 is 7.85. The molecule has 5 heteroatoms. The fourth-order valence-electron chi connectivity index (χ4n) is 3.09. The van der Waals surface area contributed by atoms with Crippen LogP contribution in [0.25, 0.3) is 4.96 Å². The second-order valence-corrected chi connectivity index (χ2v) is 6.34. The van der Waals surface area contributed by atoms with Crippen LogP contribution < -0.4 is 4.90 Å². The van der Waals surface area contributed by atoms with Crippen LogP contribution in [0.15, 0.2) is 11.6 Å². The minimum atomic E-state index is 0.530. The average molecular weight is 298 g/mol. The molecule has 0 saturated carbocycles. The van der Waals surface area contributed by atoms with E-state index in [1.165, 1.54) is 32.1 Å². The number of hydrogen-bond donors (Lipinski definition) is 0. The van der Waals surface area contributed by atoms with Crippen molar-refractivity contribution in [3.05, 3.63) is 17.3 Å². The van der Waals surface area contributed by atoms with Gasteiger partial charge in [0.25, 0.3) is 0 Å². The molecule has 2 aromatic rings. The van der Waals surface area contributed by atoms with E-state index in [0.717, 1.165) is 23.0 Å². The minimum Gasteiger partial charge on any atom is -0.352 e. The summed E-state index contributed by atoms with van der Waals surface area (Å²) in [5, 5.41) is 2.07. The highest BCUT2D eigenvalue weighted by Crippen LogP contribution is 2.32. The average Bonchev–Trinajstić information content (AvgIpc) is 2.99. The zero-order valence-corrected chi connectivity index (χ0v) is 12.9. The van der Waals surface area contributed by atoms with Crippen molar-refractivity contribution < 1.29 is 0 Å². The minimum absolute atomic E-state index is 0.530. The maximum Gasteiger partial charge on any atom is 0.195 e. The third kappa shape index (κ3) is 2.36. The van der Waals surface area contributed by atoms with Gasteiger partial charge in [-0.3, -0.25) is 4.40 Å². The second kappa shape index (κ2) is 5.71. The van der Waals surface area contributed by atoms with Crippen LogP contribution in [0.4, 0.5) is 5.82 Å². The largest absolute Gasteiger partial charge is 0.352 e. The van der Waals surface area contributed by atoms with Gasteiger partial charge in [0.15, 0.2) is 10.8 Å². The lowest BCUT2D eigenvalue weighted by atomic mass is 9.98. The molecule has 1 aliphatic rings. The van der Waals surface area contributed by atoms with Gasteiger partial charge in [-0.05, 0) is 25.7 Å². The third-order valence-corrected chi connectivity index (χ3v) is 5.00. The zero-order valence-electron chi connectivity index (χ0n) is 11.3. The van der Waals surface area contributed by atoms with E-state index in [2.05, 4.69) is 27.8 Å². The van der Waals surface area contributed by atoms with E-state index in [4.69, 9.17) is 16.6 Å². The summed E-state index contributed by atoms with van der Waals surface area (Å²) in [6.45, 7) is 3.39. The fourth-order valence-corrected chi connectivity index (χ4v) is 4.06. The van der Waals surface area contributed by atoms with Crippen LogP contribution in [-0.4, -0.2) is 22.0 Å². The fraction of sp³-hybridized carbons (Fsp3) is 0.643. The summed E-state index contributed by atoms with van der Waals surface area (Å²) in [7, 11) is 0. The Labute approximate surface area is 123 Å². The van der Waals surface area contributed by atoms with Crippen LogP contribution in [-0.2, 0) is 5.88 Å². The Bertz CT molecular complexity index is 546. The lowest BCUT2D eigenvalue weighted by molar-refractivity contribution is 0.431. The molecule has 3 heterocycles. The van der Waals surface area contributed by atoms with Gasteiger partial charge in [-0.1, -0.05) is 13.3 Å². The third-order valence-electron chi connectivity index (χ3n) is 3.99. The number of aromatic nitrogens is 2. The predicted octanol–water partition coefficient (Wildman–Crippen LogP) is 4.29. The van der Waals surface area contributed by atoms with E-state index in [1.807, 2.05) is 0 Å². The molecule has 1 saturated heterocycles. The van der Waals surface area contributed by atoms with Crippen molar-refractivity contribution in [2.45, 2.75) is 50.9 Å². The molecule has 1 unspecified atom stereocenters. The molecule has 0 radical (unpaired) electrons. The topological polar surface area (TPSA) is 20.5 Å². The molecule has 0 bridgehead atoms. The van der Waals surface area contributed by atoms with E-state index >= 15 is 0 Å². The molecular formula is C14H20ClN3S. The molecule has 0 N–H and O–H groups in total. The van der Waals surface area contributed by atoms with Crippen LogP contribution in [0.1, 0.15) is 44.7 Å². The van der Waals surface area contributed by atoms with Gasteiger partial charge in [0.05, 0.1) is 11.6 Å². The highest BCUT2D eigenvalue weighted by Gasteiger charge is 2.26. The number of fused-ring (bicyclic) bond motifs is 1. The molecule has 0 spiro atoms. The van der Waals surface area contributed by atoms with Crippen molar-refractivity contribution in [1.82, 2.24) is 9.38 Å². The molecule has 0 amide bonds. The molecule has 1 fully saturated rings. The van der Waals surface area contributed by atoms with Crippen LogP contribution in [0, 0.1) is 0 Å². The highest BCUT2D eigenvalue weighted by molar-refractivity contribution is 7.15. The van der Waals surface area contributed by atoms with Crippen molar-refractivity contribution in [3.8, 4) is 0 Å². The standard InChI is InChI=1S/C14H20ClN3S/c1-2-5-11-6-3-4-7-17(11)13-12(10-15)18-8-9-19-14(18)16-13/h8-9,11H,2-7,10H2,1H3. The Morgan fingerprint density at radius 3 is 3.16 bits per heavy atom. The summed E-state index contributed by atoms with van der Waals surface area (Å²) in [5.74, 6) is 1.66. The molecular weight excluding hydrogens is 278 g/mol. The van der Waals surface area contributed by atoms with Gasteiger partial charge in [0, 0.05) is 24.2 Å². The Morgan fingerprint density at radius 1 is 1.47 bits per heavy atom. The highest BCUT2D eigenvalue weighted by atomic mass is 35.5. The van der Waals surface area contributed by atoms with Gasteiger partial charge in [0.1, 0.15) is 0 Å². The molecule has 19 heavy (non-hydrogen) atoms. The quantitative estimate of drug-likeness (QED) is 0.785. The van der Waals surface area contributed by atoms with E-state index in [0.29, 0.717) is 11.9 Å². The second-order valence-electron chi connectivity index (χ2n) is 5.20. The van der Waals surface area contributed by atoms with Gasteiger partial charge in [-0.15, -0.1) is 22.9 Å². The number of piperidine rings is 1. The first-order chi connectivity index (χ1) is 9.35. The van der Waals surface area contributed by atoms with Crippen LogP contribution in [0.2, 0.25) is 0 Å². The molecule has 1 atom stereocenters. The van der Waals surface area contributed by atoms with E-state index in [9.17, 15) is 0 Å². The Morgan fingerprint density at radius 2 is 2.37 bits per heavy atom. The summed E-state index contributed by atoms with van der Waals surface area (Å²) in [5.41, 5.74) is 1.15. The summed E-state index contributed by atoms with van der Waals surface area (Å²) in [6.07, 6.45) is 8.48. The van der Waals surface area contributed by atoms with Crippen molar-refractivity contribution in [2.75, 3.05) is 11.4 Å². The zero-order chi connectivity index (χ0) is 13.2. The van der Waals surface area contributed by atoms with Crippen molar-refractivity contribution in [1.29, 1.82) is 0 Å². The SMILES string of the molecule is CCCC1CCCCN1c1nc2sccn2c1CCl. The summed E-state index contributed by atoms with van der Waals surface area (Å²) in [4.78, 5) is 8.39. The number of nitrogens with zero attached hydrogens (tertiary/aromatic N) is 3. The molecule has 0 aliphatic carbocycles. The van der Waals surface area contributed by atoms with Crippen LogP contribution in [0.3, 0.4) is 0 Å². The normalized spacial score (nSPS) is 20.3. The number of imidazole rings is 1. The molecule has 3 rings (SSSR count). The van der Waals surface area contributed by atoms with E-state index < -0.39 is 0 Å². The molecule has 0 aromatic carbocycles. The number of hydrogen-bond acceptors (Lipinski definition) is 3. The summed E-state index contributed by atoms with van der Waals surface area (Å²) in [6, 6.07) is 0.644. The van der Waals surface area contributed by atoms with Gasteiger partial charge in [-0.25, -0.2) is 4.98 Å². The number of rotatable bonds is 4. The number of thiazole rings is 1. The smallest absolute Gasteiger partial charge is 0.195 e. The van der Waals surface area contributed by atoms with Crippen LogP contribution >= 0.6 is 22.9 Å². The molecule has 104 valence electrons. The van der Waals surface area contributed by atoms with Gasteiger partial charge >= 0.3 is 0 Å². The van der Waals surface area contributed by atoms with E-state index in [1.54, 1.807) is 11.3 Å². The van der Waals surface area contributed by atoms with Gasteiger partial charge in [0.2, 0.25) is 0 Å². The van der Waals surface area contributed by atoms with Crippen molar-refractivity contribution in [2.24, 2.45) is 0 Å². The number of anilines is 1. The Kier molecular flexibility index (Phi) is 3.99. The Balaban J connectivity index is 1.98. The lowest BCUT2D eigenvalue weighted by Gasteiger charge is -2.36. The first-order valence-corrected chi connectivity index (χ1v) is 8.53. The number of alkyl halides is 1. The van der Waals surface area contributed by atoms with Crippen molar-refractivity contribution in [3.63, 3.8) is 0 Å². The summed E-state index contributed by atoms with van der Waals surface area (Å²) < 4.78 is 2.14. The number of halogens is 1. The molecule has 1 aliphatic heterocycles.